The van der Waals surface area contributed by atoms with Gasteiger partial charge >= 0.3 is 0 Å². The van der Waals surface area contributed by atoms with Crippen molar-refractivity contribution in [3.05, 3.63) is 34.9 Å². The van der Waals surface area contributed by atoms with Crippen LogP contribution in [0, 0.1) is 19.2 Å². The zero-order valence-corrected chi connectivity index (χ0v) is 7.14. The van der Waals surface area contributed by atoms with Gasteiger partial charge in [-0.3, -0.25) is 4.79 Å². The van der Waals surface area contributed by atoms with Crippen LogP contribution in [0.1, 0.15) is 29.8 Å². The number of carbonyl (C=O) groups excluding carboxylic acids is 1. The summed E-state index contributed by atoms with van der Waals surface area (Å²) in [4.78, 5) is 11.1. The molecular weight excluding hydrogens is 148 g/mol. The molecule has 1 aromatic carbocycles. The second-order valence-corrected chi connectivity index (χ2v) is 2.71. The van der Waals surface area contributed by atoms with Gasteiger partial charge in [-0.2, -0.15) is 0 Å². The van der Waals surface area contributed by atoms with Gasteiger partial charge in [0.25, 0.3) is 0 Å². The number of carbonyl (C=O) groups is 1. The van der Waals surface area contributed by atoms with Crippen molar-refractivity contribution in [3.63, 3.8) is 0 Å². The van der Waals surface area contributed by atoms with E-state index in [1.54, 1.807) is 12.1 Å². The van der Waals surface area contributed by atoms with Crippen LogP contribution in [0.3, 0.4) is 0 Å². The average molecular weight is 160 g/mol. The Labute approximate surface area is 73.8 Å². The van der Waals surface area contributed by atoms with Crippen LogP contribution in [-0.4, -0.2) is 5.78 Å². The standard InChI is InChI=1S/C11H10O/c1-4-10-5-6-11(9(3)12)8(2)7-10/h1,5-7H,2-3H3/i1T. The molecule has 0 amide bonds. The molecule has 0 aliphatic rings. The molecule has 1 heteroatoms. The SMILES string of the molecule is [3H]C#Cc1ccc(C(C)=O)c(C)c1. The highest BCUT2D eigenvalue weighted by Crippen LogP contribution is 2.10. The molecule has 0 saturated carbocycles. The molecule has 0 heterocycles. The summed E-state index contributed by atoms with van der Waals surface area (Å²) in [5.41, 5.74) is 2.40. The minimum Gasteiger partial charge on any atom is -0.295 e. The molecule has 0 saturated heterocycles. The number of hydrogen-bond acceptors (Lipinski definition) is 1. The fraction of sp³-hybridized carbons (Fsp3) is 0.182. The first-order valence-corrected chi connectivity index (χ1v) is 3.69. The molecule has 0 atom stereocenters. The van der Waals surface area contributed by atoms with Crippen LogP contribution in [0.25, 0.3) is 0 Å². The van der Waals surface area contributed by atoms with Gasteiger partial charge < -0.3 is 0 Å². The van der Waals surface area contributed by atoms with Crippen LogP contribution >= 0.6 is 0 Å². The maximum atomic E-state index is 11.1. The van der Waals surface area contributed by atoms with Gasteiger partial charge in [0.1, 0.15) is 1.37 Å². The zero-order valence-electron chi connectivity index (χ0n) is 8.14. The zero-order chi connectivity index (χ0) is 9.84. The Bertz CT molecular complexity index is 396. The van der Waals surface area contributed by atoms with E-state index in [4.69, 9.17) is 1.37 Å². The van der Waals surface area contributed by atoms with Crippen LogP contribution in [0.15, 0.2) is 18.2 Å². The number of ketones is 1. The molecule has 0 aromatic heterocycles. The van der Waals surface area contributed by atoms with Crippen LogP contribution < -0.4 is 0 Å². The van der Waals surface area contributed by atoms with Crippen molar-refractivity contribution in [2.45, 2.75) is 13.8 Å². The second kappa shape index (κ2) is 3.23. The molecule has 1 aromatic rings. The first kappa shape index (κ1) is 7.12. The molecule has 0 unspecified atom stereocenters. The smallest absolute Gasteiger partial charge is 0.160 e. The highest BCUT2D eigenvalue weighted by Gasteiger charge is 2.02. The molecular formula is C11H10O. The molecule has 60 valence electrons. The largest absolute Gasteiger partial charge is 0.295 e. The molecule has 1 nitrogen and oxygen atoms in total. The topological polar surface area (TPSA) is 17.1 Å². The normalized spacial score (nSPS) is 9.67. The molecule has 0 aliphatic heterocycles. The van der Waals surface area contributed by atoms with Crippen molar-refractivity contribution in [2.24, 2.45) is 0 Å². The minimum atomic E-state index is 0.0582. The molecule has 0 radical (unpaired) electrons. The molecule has 0 spiro atoms. The Kier molecular flexibility index (Phi) is 1.92. The van der Waals surface area contributed by atoms with Crippen molar-refractivity contribution < 1.29 is 6.17 Å². The van der Waals surface area contributed by atoms with Gasteiger partial charge in [0, 0.05) is 11.1 Å². The van der Waals surface area contributed by atoms with E-state index in [0.29, 0.717) is 0 Å². The number of hydrogen-bond donors (Lipinski definition) is 0. The Balaban J connectivity index is 3.17. The van der Waals surface area contributed by atoms with Crippen molar-refractivity contribution >= 4 is 5.78 Å². The first-order chi connectivity index (χ1) is 6.15. The highest BCUT2D eigenvalue weighted by molar-refractivity contribution is 5.95. The van der Waals surface area contributed by atoms with Crippen molar-refractivity contribution in [3.8, 4) is 12.3 Å². The molecule has 0 fully saturated rings. The Morgan fingerprint density at radius 1 is 1.67 bits per heavy atom. The maximum absolute atomic E-state index is 11.1. The van der Waals surface area contributed by atoms with Crippen LogP contribution in [0.4, 0.5) is 0 Å². The summed E-state index contributed by atoms with van der Waals surface area (Å²) in [5, 5.41) is 0. The predicted molar refractivity (Wildman–Crippen MR) is 49.1 cm³/mol. The van der Waals surface area contributed by atoms with E-state index in [0.717, 1.165) is 16.7 Å². The van der Waals surface area contributed by atoms with E-state index in [1.807, 2.05) is 13.0 Å². The van der Waals surface area contributed by atoms with Crippen LogP contribution in [0.5, 0.6) is 0 Å². The maximum Gasteiger partial charge on any atom is 0.160 e. The summed E-state index contributed by atoms with van der Waals surface area (Å²) < 4.78 is 6.72. The lowest BCUT2D eigenvalue weighted by atomic mass is 10.0. The summed E-state index contributed by atoms with van der Waals surface area (Å²) in [6, 6.07) is 5.32. The quantitative estimate of drug-likeness (QED) is 0.454. The van der Waals surface area contributed by atoms with E-state index in [2.05, 4.69) is 12.3 Å². The number of terminal acetylenes is 1. The van der Waals surface area contributed by atoms with Gasteiger partial charge in [-0.1, -0.05) is 5.92 Å². The fourth-order valence-corrected chi connectivity index (χ4v) is 1.14. The Morgan fingerprint density at radius 3 is 2.92 bits per heavy atom. The third kappa shape index (κ3) is 1.54. The third-order valence-corrected chi connectivity index (χ3v) is 1.75. The summed E-state index contributed by atoms with van der Waals surface area (Å²) in [5.74, 6) is 2.68. The van der Waals surface area contributed by atoms with Gasteiger partial charge in [0.05, 0.1) is 0 Å². The van der Waals surface area contributed by atoms with E-state index >= 15 is 0 Å². The van der Waals surface area contributed by atoms with Gasteiger partial charge in [-0.05, 0) is 37.6 Å². The van der Waals surface area contributed by atoms with E-state index < -0.39 is 0 Å². The third-order valence-electron chi connectivity index (χ3n) is 1.75. The van der Waals surface area contributed by atoms with E-state index in [1.165, 1.54) is 6.92 Å². The van der Waals surface area contributed by atoms with Crippen molar-refractivity contribution in [1.82, 2.24) is 0 Å². The predicted octanol–water partition coefficient (Wildman–Crippen LogP) is 2.18. The summed E-state index contributed by atoms with van der Waals surface area (Å²) in [6.07, 6.45) is 2.07. The fourth-order valence-electron chi connectivity index (χ4n) is 1.14. The van der Waals surface area contributed by atoms with Gasteiger partial charge in [0.15, 0.2) is 5.78 Å². The van der Waals surface area contributed by atoms with Crippen molar-refractivity contribution in [1.29, 1.82) is 0 Å². The monoisotopic (exact) mass is 160 g/mol. The molecule has 0 aliphatic carbocycles. The van der Waals surface area contributed by atoms with Gasteiger partial charge in [0.2, 0.25) is 0 Å². The second-order valence-electron chi connectivity index (χ2n) is 2.71. The average Bonchev–Trinajstić information content (AvgIpc) is 2.04. The lowest BCUT2D eigenvalue weighted by Gasteiger charge is -2.00. The first-order valence-electron chi connectivity index (χ1n) is 4.19. The minimum absolute atomic E-state index is 0.0582. The number of rotatable bonds is 1. The number of benzene rings is 1. The van der Waals surface area contributed by atoms with Crippen LogP contribution in [-0.2, 0) is 0 Å². The van der Waals surface area contributed by atoms with Crippen LogP contribution in [0.2, 0.25) is 0 Å². The summed E-state index contributed by atoms with van der Waals surface area (Å²) in [7, 11) is 0. The molecule has 0 N–H and O–H groups in total. The number of Topliss-reactive ketones (excluding diaryl/α,β-unsaturated/α-hetero) is 1. The Morgan fingerprint density at radius 2 is 2.42 bits per heavy atom. The van der Waals surface area contributed by atoms with E-state index in [-0.39, 0.29) is 5.78 Å². The van der Waals surface area contributed by atoms with Gasteiger partial charge in [-0.25, -0.2) is 0 Å². The van der Waals surface area contributed by atoms with E-state index in [9.17, 15) is 4.79 Å². The summed E-state index contributed by atoms with van der Waals surface area (Å²) in [6.45, 7) is 3.41. The highest BCUT2D eigenvalue weighted by atomic mass is 16.1. The molecule has 0 bridgehead atoms. The lowest BCUT2D eigenvalue weighted by molar-refractivity contribution is 0.101. The molecule has 1 rings (SSSR count). The summed E-state index contributed by atoms with van der Waals surface area (Å²) >= 11 is 0. The van der Waals surface area contributed by atoms with Gasteiger partial charge in [-0.15, -0.1) is 6.40 Å². The Hall–Kier alpha value is -1.55. The van der Waals surface area contributed by atoms with Crippen molar-refractivity contribution in [2.75, 3.05) is 0 Å². The molecule has 12 heavy (non-hydrogen) atoms. The number of aryl methyl sites for hydroxylation is 1. The lowest BCUT2D eigenvalue weighted by Crippen LogP contribution is -1.95.